The first kappa shape index (κ1) is 15.1. The van der Waals surface area contributed by atoms with Crippen LogP contribution in [0.3, 0.4) is 0 Å². The van der Waals surface area contributed by atoms with Gasteiger partial charge in [0.2, 0.25) is 0 Å². The Kier molecular flexibility index (Phi) is 3.94. The quantitative estimate of drug-likeness (QED) is 0.623. The van der Waals surface area contributed by atoms with E-state index in [0.29, 0.717) is 6.47 Å². The largest absolute Gasteiger partial charge is 0.495 e. The highest BCUT2D eigenvalue weighted by Crippen LogP contribution is 2.36. The van der Waals surface area contributed by atoms with E-state index in [9.17, 15) is 4.79 Å². The average molecular weight is 276 g/mol. The van der Waals surface area contributed by atoms with Gasteiger partial charge in [-0.15, -0.1) is 0 Å². The molecule has 1 aromatic rings. The summed E-state index contributed by atoms with van der Waals surface area (Å²) in [5.74, 6) is 0. The SMILES string of the molecule is Cc1cc(COC=O)ccc1B1OC(C)(C)C(C)(C)O1. The Morgan fingerprint density at radius 1 is 1.20 bits per heavy atom. The molecule has 2 rings (SSSR count). The van der Waals surface area contributed by atoms with Crippen LogP contribution in [0.4, 0.5) is 0 Å². The summed E-state index contributed by atoms with van der Waals surface area (Å²) in [6, 6.07) is 5.89. The maximum absolute atomic E-state index is 10.2. The van der Waals surface area contributed by atoms with Gasteiger partial charge in [-0.3, -0.25) is 4.79 Å². The van der Waals surface area contributed by atoms with E-state index in [1.165, 1.54) is 0 Å². The van der Waals surface area contributed by atoms with E-state index in [4.69, 9.17) is 14.0 Å². The van der Waals surface area contributed by atoms with Gasteiger partial charge in [-0.1, -0.05) is 23.8 Å². The molecule has 0 bridgehead atoms. The molecule has 20 heavy (non-hydrogen) atoms. The van der Waals surface area contributed by atoms with Crippen LogP contribution >= 0.6 is 0 Å². The zero-order valence-corrected chi connectivity index (χ0v) is 12.7. The minimum atomic E-state index is -0.360. The van der Waals surface area contributed by atoms with Crippen LogP contribution in [0.25, 0.3) is 0 Å². The van der Waals surface area contributed by atoms with E-state index in [1.807, 2.05) is 52.8 Å². The molecular formula is C15H21BO4. The molecule has 0 unspecified atom stereocenters. The number of rotatable bonds is 4. The Morgan fingerprint density at radius 2 is 1.80 bits per heavy atom. The third-order valence-electron chi connectivity index (χ3n) is 4.16. The normalized spacial score (nSPS) is 19.9. The molecule has 0 amide bonds. The summed E-state index contributed by atoms with van der Waals surface area (Å²) < 4.78 is 16.8. The molecular weight excluding hydrogens is 255 g/mol. The molecule has 1 aromatic carbocycles. The number of aryl methyl sites for hydroxylation is 1. The molecule has 0 aliphatic carbocycles. The van der Waals surface area contributed by atoms with Gasteiger partial charge in [-0.05, 0) is 45.6 Å². The number of hydrogen-bond donors (Lipinski definition) is 0. The van der Waals surface area contributed by atoms with Crippen LogP contribution in [0.2, 0.25) is 0 Å². The third-order valence-corrected chi connectivity index (χ3v) is 4.16. The van der Waals surface area contributed by atoms with Crippen molar-refractivity contribution in [3.05, 3.63) is 29.3 Å². The van der Waals surface area contributed by atoms with Crippen LogP contribution in [0.5, 0.6) is 0 Å². The van der Waals surface area contributed by atoms with Crippen molar-refractivity contribution in [3.63, 3.8) is 0 Å². The smallest absolute Gasteiger partial charge is 0.463 e. The monoisotopic (exact) mass is 276 g/mol. The van der Waals surface area contributed by atoms with Crippen molar-refractivity contribution < 1.29 is 18.8 Å². The first-order valence-electron chi connectivity index (χ1n) is 6.77. The van der Waals surface area contributed by atoms with Gasteiger partial charge >= 0.3 is 7.12 Å². The Morgan fingerprint density at radius 3 is 2.30 bits per heavy atom. The molecule has 108 valence electrons. The lowest BCUT2D eigenvalue weighted by atomic mass is 9.76. The van der Waals surface area contributed by atoms with Gasteiger partial charge in [0.15, 0.2) is 0 Å². The molecule has 1 aliphatic heterocycles. The van der Waals surface area contributed by atoms with E-state index < -0.39 is 0 Å². The fourth-order valence-electron chi connectivity index (χ4n) is 2.19. The summed E-state index contributed by atoms with van der Waals surface area (Å²) in [6.45, 7) is 10.9. The number of carbonyl (C=O) groups is 1. The van der Waals surface area contributed by atoms with E-state index in [2.05, 4.69) is 0 Å². The van der Waals surface area contributed by atoms with E-state index in [1.54, 1.807) is 0 Å². The first-order valence-corrected chi connectivity index (χ1v) is 6.77. The standard InChI is InChI=1S/C15H21BO4/c1-11-8-12(9-18-10-17)6-7-13(11)16-19-14(2,3)15(4,5)20-16/h6-8,10H,9H2,1-5H3. The van der Waals surface area contributed by atoms with Crippen LogP contribution in [0.1, 0.15) is 38.8 Å². The van der Waals surface area contributed by atoms with Gasteiger partial charge in [0.25, 0.3) is 6.47 Å². The fourth-order valence-corrected chi connectivity index (χ4v) is 2.19. The highest BCUT2D eigenvalue weighted by molar-refractivity contribution is 6.62. The summed E-state index contributed by atoms with van der Waals surface area (Å²) in [6.07, 6.45) is 0. The molecule has 0 saturated carbocycles. The number of hydrogen-bond acceptors (Lipinski definition) is 4. The summed E-state index contributed by atoms with van der Waals surface area (Å²) in [7, 11) is -0.360. The molecule has 1 fully saturated rings. The highest BCUT2D eigenvalue weighted by atomic mass is 16.7. The molecule has 1 saturated heterocycles. The second-order valence-corrected chi connectivity index (χ2v) is 6.19. The molecule has 0 N–H and O–H groups in total. The maximum Gasteiger partial charge on any atom is 0.495 e. The Labute approximate surface area is 120 Å². The Balaban J connectivity index is 2.21. The van der Waals surface area contributed by atoms with Crippen LogP contribution in [0, 0.1) is 6.92 Å². The molecule has 5 heteroatoms. The van der Waals surface area contributed by atoms with Crippen LogP contribution in [-0.4, -0.2) is 24.8 Å². The predicted molar refractivity (Wildman–Crippen MR) is 77.7 cm³/mol. The fraction of sp³-hybridized carbons (Fsp3) is 0.533. The van der Waals surface area contributed by atoms with Crippen LogP contribution < -0.4 is 5.46 Å². The molecule has 0 spiro atoms. The van der Waals surface area contributed by atoms with Crippen molar-refractivity contribution in [2.45, 2.75) is 52.4 Å². The van der Waals surface area contributed by atoms with Crippen molar-refractivity contribution in [3.8, 4) is 0 Å². The minimum Gasteiger partial charge on any atom is -0.463 e. The topological polar surface area (TPSA) is 44.8 Å². The van der Waals surface area contributed by atoms with Gasteiger partial charge in [0, 0.05) is 0 Å². The minimum absolute atomic E-state index is 0.286. The Bertz CT molecular complexity index is 495. The van der Waals surface area contributed by atoms with Crippen molar-refractivity contribution >= 4 is 19.1 Å². The predicted octanol–water partition coefficient (Wildman–Crippen LogP) is 1.97. The third kappa shape index (κ3) is 2.74. The molecule has 0 atom stereocenters. The molecule has 1 aliphatic rings. The highest BCUT2D eigenvalue weighted by Gasteiger charge is 2.51. The number of ether oxygens (including phenoxy) is 1. The summed E-state index contributed by atoms with van der Waals surface area (Å²) >= 11 is 0. The molecule has 0 aromatic heterocycles. The lowest BCUT2D eigenvalue weighted by Crippen LogP contribution is -2.41. The number of benzene rings is 1. The van der Waals surface area contributed by atoms with Gasteiger partial charge in [0.1, 0.15) is 6.61 Å². The summed E-state index contributed by atoms with van der Waals surface area (Å²) in [5, 5.41) is 0. The van der Waals surface area contributed by atoms with E-state index in [0.717, 1.165) is 16.6 Å². The summed E-state index contributed by atoms with van der Waals surface area (Å²) in [5.41, 5.74) is 2.34. The van der Waals surface area contributed by atoms with Crippen molar-refractivity contribution in [1.29, 1.82) is 0 Å². The van der Waals surface area contributed by atoms with Crippen molar-refractivity contribution in [1.82, 2.24) is 0 Å². The molecule has 4 nitrogen and oxygen atoms in total. The van der Waals surface area contributed by atoms with Crippen molar-refractivity contribution in [2.75, 3.05) is 0 Å². The van der Waals surface area contributed by atoms with Gasteiger partial charge in [0.05, 0.1) is 11.2 Å². The zero-order valence-electron chi connectivity index (χ0n) is 12.7. The van der Waals surface area contributed by atoms with Gasteiger partial charge in [-0.25, -0.2) is 0 Å². The Hall–Kier alpha value is -1.33. The number of carbonyl (C=O) groups excluding carboxylic acids is 1. The van der Waals surface area contributed by atoms with E-state index in [-0.39, 0.29) is 24.9 Å². The molecule has 1 heterocycles. The van der Waals surface area contributed by atoms with Gasteiger partial charge < -0.3 is 14.0 Å². The van der Waals surface area contributed by atoms with Crippen molar-refractivity contribution in [2.24, 2.45) is 0 Å². The zero-order chi connectivity index (χ0) is 15.0. The van der Waals surface area contributed by atoms with Gasteiger partial charge in [-0.2, -0.15) is 0 Å². The molecule has 0 radical (unpaired) electrons. The first-order chi connectivity index (χ1) is 9.27. The average Bonchev–Trinajstić information content (AvgIpc) is 2.55. The lowest BCUT2D eigenvalue weighted by Gasteiger charge is -2.32. The summed E-state index contributed by atoms with van der Waals surface area (Å²) in [4.78, 5) is 10.2. The second-order valence-electron chi connectivity index (χ2n) is 6.19. The lowest BCUT2D eigenvalue weighted by molar-refractivity contribution is -0.129. The van der Waals surface area contributed by atoms with E-state index >= 15 is 0 Å². The second kappa shape index (κ2) is 5.22. The van der Waals surface area contributed by atoms with Crippen LogP contribution in [-0.2, 0) is 25.4 Å². The van der Waals surface area contributed by atoms with Crippen LogP contribution in [0.15, 0.2) is 18.2 Å². The maximum atomic E-state index is 10.2.